The van der Waals surface area contributed by atoms with Crippen LogP contribution in [-0.2, 0) is 9.80 Å². The minimum Gasteiger partial charge on any atom is -0.337 e. The van der Waals surface area contributed by atoms with E-state index in [-0.39, 0.29) is 0 Å². The molecule has 0 saturated carbocycles. The van der Waals surface area contributed by atoms with Crippen LogP contribution in [0.5, 0.6) is 0 Å². The zero-order valence-electron chi connectivity index (χ0n) is 8.53. The molecule has 0 saturated heterocycles. The van der Waals surface area contributed by atoms with E-state index in [9.17, 15) is 8.76 Å². The maximum Gasteiger partial charge on any atom is 0.187 e. The normalized spacial score (nSPS) is 14.4. The summed E-state index contributed by atoms with van der Waals surface area (Å²) in [5, 5.41) is 8.23. The van der Waals surface area contributed by atoms with Crippen LogP contribution in [0, 0.1) is 0 Å². The maximum absolute atomic E-state index is 11.3. The summed E-state index contributed by atoms with van der Waals surface area (Å²) in [5.74, 6) is 0.468. The second-order valence-electron chi connectivity index (χ2n) is 3.35. The molecule has 1 atom stereocenters. The Morgan fingerprint density at radius 3 is 2.81 bits per heavy atom. The van der Waals surface area contributed by atoms with Gasteiger partial charge in [-0.1, -0.05) is 24.3 Å². The van der Waals surface area contributed by atoms with Crippen molar-refractivity contribution in [3.63, 3.8) is 0 Å². The van der Waals surface area contributed by atoms with Gasteiger partial charge in [0.25, 0.3) is 0 Å². The second kappa shape index (κ2) is 4.07. The van der Waals surface area contributed by atoms with Crippen molar-refractivity contribution < 1.29 is 13.3 Å². The van der Waals surface area contributed by atoms with Gasteiger partial charge in [0.05, 0.1) is 16.0 Å². The van der Waals surface area contributed by atoms with Crippen LogP contribution in [0.2, 0.25) is 0 Å². The van der Waals surface area contributed by atoms with Crippen molar-refractivity contribution in [3.05, 3.63) is 36.0 Å². The third-order valence-corrected chi connectivity index (χ3v) is 2.62. The van der Waals surface area contributed by atoms with Gasteiger partial charge in [0.2, 0.25) is 0 Å². The van der Waals surface area contributed by atoms with E-state index in [1.807, 2.05) is 6.07 Å². The predicted molar refractivity (Wildman–Crippen MR) is 61.6 cm³/mol. The maximum atomic E-state index is 11.3. The molecule has 0 aliphatic carbocycles. The number of rotatable bonds is 2. The molecule has 0 bridgehead atoms. The third kappa shape index (κ3) is 2.47. The SMILES string of the molecule is CS(=O)(O)=Cc1ccccc1-c1cnno1. The first-order valence-electron chi connectivity index (χ1n) is 4.49. The number of benzene rings is 1. The second-order valence-corrected chi connectivity index (χ2v) is 5.31. The molecule has 16 heavy (non-hydrogen) atoms. The quantitative estimate of drug-likeness (QED) is 0.797. The van der Waals surface area contributed by atoms with Crippen LogP contribution in [0.25, 0.3) is 11.3 Å². The number of hydrogen-bond donors (Lipinski definition) is 1. The lowest BCUT2D eigenvalue weighted by Gasteiger charge is -2.01. The summed E-state index contributed by atoms with van der Waals surface area (Å²) in [6, 6.07) is 7.10. The van der Waals surface area contributed by atoms with Gasteiger partial charge in [0, 0.05) is 22.5 Å². The Morgan fingerprint density at radius 2 is 2.19 bits per heavy atom. The number of hydrogen-bond acceptors (Lipinski definition) is 4. The topological polar surface area (TPSA) is 76.2 Å². The van der Waals surface area contributed by atoms with E-state index in [1.165, 1.54) is 17.8 Å². The Labute approximate surface area is 92.9 Å². The molecule has 1 aromatic carbocycles. The van der Waals surface area contributed by atoms with Crippen LogP contribution in [-0.4, -0.2) is 30.8 Å². The Bertz CT molecular complexity index is 590. The van der Waals surface area contributed by atoms with Crippen molar-refractivity contribution in [1.29, 1.82) is 0 Å². The zero-order valence-corrected chi connectivity index (χ0v) is 9.35. The molecular weight excluding hydrogens is 228 g/mol. The Kier molecular flexibility index (Phi) is 2.76. The first-order chi connectivity index (χ1) is 7.56. The highest BCUT2D eigenvalue weighted by Crippen LogP contribution is 2.21. The fraction of sp³-hybridized carbons (Fsp3) is 0.100. The minimum absolute atomic E-state index is 0.468. The van der Waals surface area contributed by atoms with Crippen LogP contribution in [0.1, 0.15) is 5.56 Å². The molecule has 84 valence electrons. The molecule has 5 nitrogen and oxygen atoms in total. The van der Waals surface area contributed by atoms with Gasteiger partial charge in [0.1, 0.15) is 0 Å². The smallest absolute Gasteiger partial charge is 0.187 e. The van der Waals surface area contributed by atoms with E-state index in [2.05, 4.69) is 10.4 Å². The van der Waals surface area contributed by atoms with Crippen LogP contribution >= 0.6 is 0 Å². The lowest BCUT2D eigenvalue weighted by atomic mass is 10.1. The van der Waals surface area contributed by atoms with Crippen molar-refractivity contribution in [2.75, 3.05) is 6.26 Å². The molecule has 0 radical (unpaired) electrons. The van der Waals surface area contributed by atoms with Crippen molar-refractivity contribution in [2.24, 2.45) is 0 Å². The highest BCUT2D eigenvalue weighted by Gasteiger charge is 2.07. The molecule has 1 aromatic heterocycles. The van der Waals surface area contributed by atoms with E-state index in [0.717, 1.165) is 0 Å². The fourth-order valence-electron chi connectivity index (χ4n) is 1.35. The number of nitrogens with zero attached hydrogens (tertiary/aromatic N) is 2. The Balaban J connectivity index is 2.60. The molecule has 0 spiro atoms. The van der Waals surface area contributed by atoms with Gasteiger partial charge < -0.3 is 9.08 Å². The fourth-order valence-corrected chi connectivity index (χ4v) is 2.02. The van der Waals surface area contributed by atoms with Crippen LogP contribution in [0.3, 0.4) is 0 Å². The molecule has 2 rings (SSSR count). The summed E-state index contributed by atoms with van der Waals surface area (Å²) in [7, 11) is -2.95. The van der Waals surface area contributed by atoms with Gasteiger partial charge >= 0.3 is 0 Å². The Hall–Kier alpha value is -1.66. The highest BCUT2D eigenvalue weighted by atomic mass is 32.2. The van der Waals surface area contributed by atoms with Gasteiger partial charge in [-0.3, -0.25) is 0 Å². The van der Waals surface area contributed by atoms with Crippen LogP contribution in [0.4, 0.5) is 0 Å². The summed E-state index contributed by atoms with van der Waals surface area (Å²) in [6.45, 7) is 0. The molecule has 0 fully saturated rings. The molecule has 1 N–H and O–H groups in total. The van der Waals surface area contributed by atoms with Crippen molar-refractivity contribution in [2.45, 2.75) is 0 Å². The first kappa shape index (κ1) is 10.8. The summed E-state index contributed by atoms with van der Waals surface area (Å²) < 4.78 is 25.5. The van der Waals surface area contributed by atoms with Crippen LogP contribution in [0.15, 0.2) is 35.0 Å². The standard InChI is InChI=1S/C10H10N2O3S/c1-16(13,14)7-8-4-2-3-5-9(8)10-6-11-12-15-10/h2-7H,1H3,(H,13,14). The molecule has 0 aliphatic heterocycles. The van der Waals surface area contributed by atoms with Gasteiger partial charge in [-0.2, -0.15) is 0 Å². The van der Waals surface area contributed by atoms with Crippen molar-refractivity contribution in [3.8, 4) is 11.3 Å². The Morgan fingerprint density at radius 1 is 1.44 bits per heavy atom. The molecule has 0 aliphatic rings. The average Bonchev–Trinajstić information content (AvgIpc) is 2.69. The highest BCUT2D eigenvalue weighted by molar-refractivity contribution is 7.95. The van der Waals surface area contributed by atoms with Gasteiger partial charge in [-0.25, -0.2) is 4.21 Å². The molecule has 1 unspecified atom stereocenters. The third-order valence-electron chi connectivity index (χ3n) is 1.93. The van der Waals surface area contributed by atoms with Crippen molar-refractivity contribution in [1.82, 2.24) is 10.4 Å². The van der Waals surface area contributed by atoms with Crippen molar-refractivity contribution >= 4 is 15.2 Å². The largest absolute Gasteiger partial charge is 0.337 e. The molecule has 2 aromatic rings. The monoisotopic (exact) mass is 238 g/mol. The zero-order chi connectivity index (χ0) is 11.6. The summed E-state index contributed by atoms with van der Waals surface area (Å²) in [5.41, 5.74) is 1.31. The van der Waals surface area contributed by atoms with E-state index >= 15 is 0 Å². The van der Waals surface area contributed by atoms with Crippen LogP contribution < -0.4 is 0 Å². The predicted octanol–water partition coefficient (Wildman–Crippen LogP) is 1.27. The molecule has 1 heterocycles. The van der Waals surface area contributed by atoms with E-state index in [1.54, 1.807) is 18.2 Å². The van der Waals surface area contributed by atoms with E-state index in [4.69, 9.17) is 4.52 Å². The van der Waals surface area contributed by atoms with E-state index < -0.39 is 9.80 Å². The molecule has 0 amide bonds. The van der Waals surface area contributed by atoms with Gasteiger partial charge in [-0.15, -0.1) is 5.10 Å². The summed E-state index contributed by atoms with van der Waals surface area (Å²) in [6.07, 6.45) is 2.71. The summed E-state index contributed by atoms with van der Waals surface area (Å²) in [4.78, 5) is 0. The minimum atomic E-state index is -2.95. The first-order valence-corrected chi connectivity index (χ1v) is 6.48. The number of aromatic nitrogens is 2. The van der Waals surface area contributed by atoms with Gasteiger partial charge in [-0.05, 0) is 5.56 Å². The van der Waals surface area contributed by atoms with E-state index in [0.29, 0.717) is 16.9 Å². The summed E-state index contributed by atoms with van der Waals surface area (Å²) >= 11 is 0. The lowest BCUT2D eigenvalue weighted by Crippen LogP contribution is -2.00. The average molecular weight is 238 g/mol. The molecular formula is C10H10N2O3S. The van der Waals surface area contributed by atoms with Gasteiger partial charge in [0.15, 0.2) is 5.76 Å². The molecule has 6 heteroatoms. The lowest BCUT2D eigenvalue weighted by molar-refractivity contribution is 0.403.